The van der Waals surface area contributed by atoms with Crippen molar-refractivity contribution in [3.8, 4) is 11.8 Å². The van der Waals surface area contributed by atoms with Gasteiger partial charge in [0.05, 0.1) is 0 Å². The molecule has 96 valence electrons. The molecule has 0 N–H and O–H groups in total. The summed E-state index contributed by atoms with van der Waals surface area (Å²) in [6.07, 6.45) is 0. The fraction of sp³-hybridized carbons (Fsp3) is 0.263. The van der Waals surface area contributed by atoms with Crippen LogP contribution in [0.25, 0.3) is 0 Å². The van der Waals surface area contributed by atoms with Gasteiger partial charge in [0.25, 0.3) is 0 Å². The van der Waals surface area contributed by atoms with Crippen LogP contribution in [0.2, 0.25) is 0 Å². The van der Waals surface area contributed by atoms with Crippen molar-refractivity contribution in [2.24, 2.45) is 0 Å². The average molecular weight is 248 g/mol. The largest absolute Gasteiger partial charge is 0.0900 e. The van der Waals surface area contributed by atoms with E-state index >= 15 is 0 Å². The van der Waals surface area contributed by atoms with Gasteiger partial charge in [-0.25, -0.2) is 0 Å². The maximum atomic E-state index is 3.37. The Balaban J connectivity index is 2.31. The van der Waals surface area contributed by atoms with E-state index in [4.69, 9.17) is 0 Å². The highest BCUT2D eigenvalue weighted by Crippen LogP contribution is 2.24. The van der Waals surface area contributed by atoms with E-state index in [2.05, 4.69) is 63.8 Å². The van der Waals surface area contributed by atoms with Gasteiger partial charge in [0.1, 0.15) is 0 Å². The van der Waals surface area contributed by atoms with Gasteiger partial charge in [0.15, 0.2) is 0 Å². The molecule has 0 amide bonds. The van der Waals surface area contributed by atoms with Crippen LogP contribution in [0.5, 0.6) is 0 Å². The molecule has 0 nitrogen and oxygen atoms in total. The Hall–Kier alpha value is -2.00. The number of benzene rings is 2. The van der Waals surface area contributed by atoms with Crippen LogP contribution in [0, 0.1) is 32.6 Å². The van der Waals surface area contributed by atoms with Crippen molar-refractivity contribution >= 4 is 0 Å². The van der Waals surface area contributed by atoms with E-state index in [9.17, 15) is 0 Å². The van der Waals surface area contributed by atoms with Crippen molar-refractivity contribution in [2.75, 3.05) is 0 Å². The van der Waals surface area contributed by atoms with Crippen LogP contribution in [0.1, 0.15) is 40.7 Å². The molecule has 2 aromatic rings. The van der Waals surface area contributed by atoms with E-state index in [0.717, 1.165) is 5.56 Å². The van der Waals surface area contributed by atoms with E-state index in [1.165, 1.54) is 22.3 Å². The molecule has 0 aliphatic carbocycles. The number of hydrogen-bond donors (Lipinski definition) is 0. The van der Waals surface area contributed by atoms with Gasteiger partial charge in [-0.2, -0.15) is 0 Å². The molecule has 0 heteroatoms. The second-order valence-corrected chi connectivity index (χ2v) is 5.17. The minimum atomic E-state index is 0.265. The van der Waals surface area contributed by atoms with Gasteiger partial charge in [0.2, 0.25) is 0 Å². The number of aryl methyl sites for hydroxylation is 3. The van der Waals surface area contributed by atoms with Gasteiger partial charge in [-0.1, -0.05) is 47.7 Å². The molecule has 19 heavy (non-hydrogen) atoms. The van der Waals surface area contributed by atoms with Gasteiger partial charge in [0, 0.05) is 11.5 Å². The highest BCUT2D eigenvalue weighted by Gasteiger charge is 2.09. The molecule has 0 bridgehead atoms. The lowest BCUT2D eigenvalue weighted by Gasteiger charge is -2.13. The molecule has 0 aliphatic heterocycles. The minimum Gasteiger partial charge on any atom is -0.0900 e. The lowest BCUT2D eigenvalue weighted by atomic mass is 9.91. The number of hydrogen-bond acceptors (Lipinski definition) is 0. The Labute approximate surface area is 116 Å². The molecule has 0 saturated carbocycles. The zero-order valence-electron chi connectivity index (χ0n) is 12.1. The lowest BCUT2D eigenvalue weighted by Crippen LogP contribution is -1.98. The van der Waals surface area contributed by atoms with Crippen LogP contribution in [-0.2, 0) is 0 Å². The fourth-order valence-electron chi connectivity index (χ4n) is 2.66. The van der Waals surface area contributed by atoms with Crippen LogP contribution in [0.4, 0.5) is 0 Å². The Morgan fingerprint density at radius 2 is 1.47 bits per heavy atom. The lowest BCUT2D eigenvalue weighted by molar-refractivity contribution is 0.966. The second kappa shape index (κ2) is 5.76. The monoisotopic (exact) mass is 248 g/mol. The molecule has 0 radical (unpaired) electrons. The van der Waals surface area contributed by atoms with Crippen molar-refractivity contribution in [1.29, 1.82) is 0 Å². The summed E-state index contributed by atoms with van der Waals surface area (Å²) >= 11 is 0. The van der Waals surface area contributed by atoms with E-state index in [1.54, 1.807) is 0 Å². The molecule has 0 spiro atoms. The molecule has 0 aromatic heterocycles. The zero-order valence-corrected chi connectivity index (χ0v) is 12.1. The summed E-state index contributed by atoms with van der Waals surface area (Å²) in [5.41, 5.74) is 6.45. The molecule has 0 saturated heterocycles. The van der Waals surface area contributed by atoms with E-state index in [1.807, 2.05) is 18.2 Å². The molecule has 0 aliphatic rings. The normalized spacial score (nSPS) is 11.6. The first kappa shape index (κ1) is 13.4. The molecule has 1 atom stereocenters. The summed E-state index contributed by atoms with van der Waals surface area (Å²) in [6.45, 7) is 8.68. The van der Waals surface area contributed by atoms with Gasteiger partial charge in [-0.3, -0.25) is 0 Å². The van der Waals surface area contributed by atoms with Gasteiger partial charge < -0.3 is 0 Å². The third-order valence-electron chi connectivity index (χ3n) is 3.38. The summed E-state index contributed by atoms with van der Waals surface area (Å²) < 4.78 is 0. The van der Waals surface area contributed by atoms with E-state index in [0.29, 0.717) is 0 Å². The summed E-state index contributed by atoms with van der Waals surface area (Å²) in [7, 11) is 0. The third kappa shape index (κ3) is 3.26. The zero-order chi connectivity index (χ0) is 13.8. The summed E-state index contributed by atoms with van der Waals surface area (Å²) in [4.78, 5) is 0. The Bertz CT molecular complexity index is 601. The maximum Gasteiger partial charge on any atom is 0.0433 e. The van der Waals surface area contributed by atoms with Crippen LogP contribution < -0.4 is 0 Å². The molecule has 0 heterocycles. The van der Waals surface area contributed by atoms with Crippen molar-refractivity contribution < 1.29 is 0 Å². The maximum absolute atomic E-state index is 3.37. The molecule has 2 aromatic carbocycles. The predicted molar refractivity (Wildman–Crippen MR) is 82.4 cm³/mol. The average Bonchev–Trinajstić information content (AvgIpc) is 2.36. The predicted octanol–water partition coefficient (Wildman–Crippen LogP) is 4.77. The van der Waals surface area contributed by atoms with Gasteiger partial charge in [-0.15, -0.1) is 0 Å². The van der Waals surface area contributed by atoms with Gasteiger partial charge in [-0.05, 0) is 56.5 Å². The van der Waals surface area contributed by atoms with Crippen molar-refractivity contribution in [2.45, 2.75) is 33.6 Å². The molecule has 2 rings (SSSR count). The molecule has 1 unspecified atom stereocenters. The number of rotatable bonds is 1. The first-order chi connectivity index (χ1) is 9.08. The first-order valence-electron chi connectivity index (χ1n) is 6.72. The van der Waals surface area contributed by atoms with Crippen LogP contribution in [0.15, 0.2) is 42.5 Å². The summed E-state index contributed by atoms with van der Waals surface area (Å²) in [5, 5.41) is 0. The van der Waals surface area contributed by atoms with E-state index in [-0.39, 0.29) is 5.92 Å². The minimum absolute atomic E-state index is 0.265. The summed E-state index contributed by atoms with van der Waals surface area (Å²) in [5.74, 6) is 6.89. The van der Waals surface area contributed by atoms with Crippen LogP contribution in [0.3, 0.4) is 0 Å². The smallest absolute Gasteiger partial charge is 0.0433 e. The van der Waals surface area contributed by atoms with Crippen LogP contribution >= 0.6 is 0 Å². The SMILES string of the molecule is Cc1cc(C)c(C(C)C#Cc2ccccc2)c(C)c1. The quantitative estimate of drug-likeness (QED) is 0.638. The highest BCUT2D eigenvalue weighted by atomic mass is 14.1. The van der Waals surface area contributed by atoms with Crippen LogP contribution in [-0.4, -0.2) is 0 Å². The fourth-order valence-corrected chi connectivity index (χ4v) is 2.66. The standard InChI is InChI=1S/C19H20/c1-14-12-16(3)19(17(4)13-14)15(2)10-11-18-8-6-5-7-9-18/h5-9,12-13,15H,1-4H3. The molecular formula is C19H20. The topological polar surface area (TPSA) is 0 Å². The Morgan fingerprint density at radius 3 is 2.05 bits per heavy atom. The summed E-state index contributed by atoms with van der Waals surface area (Å²) in [6, 6.07) is 14.6. The third-order valence-corrected chi connectivity index (χ3v) is 3.38. The molecular weight excluding hydrogens is 228 g/mol. The Kier molecular flexibility index (Phi) is 4.07. The Morgan fingerprint density at radius 1 is 0.895 bits per heavy atom. The van der Waals surface area contributed by atoms with E-state index < -0.39 is 0 Å². The van der Waals surface area contributed by atoms with Gasteiger partial charge >= 0.3 is 0 Å². The first-order valence-corrected chi connectivity index (χ1v) is 6.72. The second-order valence-electron chi connectivity index (χ2n) is 5.17. The molecule has 0 fully saturated rings. The van der Waals surface area contributed by atoms with Crippen molar-refractivity contribution in [3.63, 3.8) is 0 Å². The van der Waals surface area contributed by atoms with Crippen molar-refractivity contribution in [1.82, 2.24) is 0 Å². The van der Waals surface area contributed by atoms with Crippen molar-refractivity contribution in [3.05, 3.63) is 70.3 Å². The highest BCUT2D eigenvalue weighted by molar-refractivity contribution is 5.44.